The molecule has 2 aliphatic rings. The number of hydrogen-bond acceptors (Lipinski definition) is 3. The highest BCUT2D eigenvalue weighted by molar-refractivity contribution is 6.33. The molecule has 1 N–H and O–H groups in total. The number of carbonyl (C=O) groups is 3. The summed E-state index contributed by atoms with van der Waals surface area (Å²) >= 11 is 6.03. The highest BCUT2D eigenvalue weighted by atomic mass is 35.5. The highest BCUT2D eigenvalue weighted by Crippen LogP contribution is 2.41. The third kappa shape index (κ3) is 3.53. The van der Waals surface area contributed by atoms with Crippen LogP contribution in [0.3, 0.4) is 0 Å². The van der Waals surface area contributed by atoms with Crippen LogP contribution in [0.2, 0.25) is 5.02 Å². The Morgan fingerprint density at radius 2 is 1.67 bits per heavy atom. The number of halogens is 1. The van der Waals surface area contributed by atoms with Crippen LogP contribution in [-0.4, -0.2) is 53.7 Å². The van der Waals surface area contributed by atoms with E-state index >= 15 is 0 Å². The maximum atomic E-state index is 12.5. The lowest BCUT2D eigenvalue weighted by Gasteiger charge is -2.34. The van der Waals surface area contributed by atoms with Gasteiger partial charge in [-0.15, -0.1) is 0 Å². The lowest BCUT2D eigenvalue weighted by Crippen LogP contribution is -2.50. The molecule has 1 aromatic carbocycles. The van der Waals surface area contributed by atoms with E-state index < -0.39 is 0 Å². The summed E-state index contributed by atoms with van der Waals surface area (Å²) in [4.78, 5) is 39.6. The molecule has 2 unspecified atom stereocenters. The maximum absolute atomic E-state index is 12.5. The number of benzene rings is 1. The molecule has 1 aromatic rings. The predicted molar refractivity (Wildman–Crippen MR) is 90.5 cm³/mol. The van der Waals surface area contributed by atoms with Crippen molar-refractivity contribution in [2.24, 2.45) is 11.8 Å². The molecule has 7 heteroatoms. The zero-order valence-corrected chi connectivity index (χ0v) is 14.3. The molecule has 3 rings (SSSR count). The van der Waals surface area contributed by atoms with Crippen LogP contribution in [0.25, 0.3) is 0 Å². The molecule has 128 valence electrons. The first-order chi connectivity index (χ1) is 11.5. The van der Waals surface area contributed by atoms with Crippen LogP contribution in [0.15, 0.2) is 24.3 Å². The van der Waals surface area contributed by atoms with Gasteiger partial charge >= 0.3 is 0 Å². The normalized spacial score (nSPS) is 22.9. The van der Waals surface area contributed by atoms with Gasteiger partial charge in [0.2, 0.25) is 17.7 Å². The number of anilines is 1. The molecule has 3 amide bonds. The molecule has 1 aliphatic carbocycles. The Morgan fingerprint density at radius 1 is 1.04 bits per heavy atom. The van der Waals surface area contributed by atoms with E-state index in [0.717, 1.165) is 0 Å². The summed E-state index contributed by atoms with van der Waals surface area (Å²) in [5.74, 6) is -0.664. The van der Waals surface area contributed by atoms with Crippen molar-refractivity contribution in [3.05, 3.63) is 29.3 Å². The van der Waals surface area contributed by atoms with E-state index in [1.54, 1.807) is 34.1 Å². The number of amides is 3. The van der Waals surface area contributed by atoms with Crippen LogP contribution in [-0.2, 0) is 14.4 Å². The molecule has 1 aliphatic heterocycles. The fourth-order valence-corrected chi connectivity index (χ4v) is 3.20. The molecule has 1 heterocycles. The average molecular weight is 350 g/mol. The van der Waals surface area contributed by atoms with Crippen molar-refractivity contribution < 1.29 is 14.4 Å². The van der Waals surface area contributed by atoms with Crippen molar-refractivity contribution in [3.63, 3.8) is 0 Å². The zero-order chi connectivity index (χ0) is 17.3. The minimum Gasteiger partial charge on any atom is -0.339 e. The largest absolute Gasteiger partial charge is 0.339 e. The van der Waals surface area contributed by atoms with E-state index in [2.05, 4.69) is 5.32 Å². The zero-order valence-electron chi connectivity index (χ0n) is 13.5. The van der Waals surface area contributed by atoms with Gasteiger partial charge in [-0.05, 0) is 18.6 Å². The second-order valence-electron chi connectivity index (χ2n) is 6.25. The monoisotopic (exact) mass is 349 g/mol. The van der Waals surface area contributed by atoms with Gasteiger partial charge in [-0.1, -0.05) is 23.7 Å². The van der Waals surface area contributed by atoms with Crippen LogP contribution in [0.5, 0.6) is 0 Å². The van der Waals surface area contributed by atoms with Crippen LogP contribution in [0, 0.1) is 11.8 Å². The molecule has 0 radical (unpaired) electrons. The summed E-state index contributed by atoms with van der Waals surface area (Å²) in [6.45, 7) is 3.73. The molecular formula is C17H20ClN3O3. The van der Waals surface area contributed by atoms with Gasteiger partial charge in [-0.3, -0.25) is 14.4 Å². The van der Waals surface area contributed by atoms with Gasteiger partial charge in [-0.2, -0.15) is 0 Å². The first kappa shape index (κ1) is 16.8. The number of rotatable bonds is 3. The first-order valence-electron chi connectivity index (χ1n) is 8.07. The number of hydrogen-bond donors (Lipinski definition) is 1. The van der Waals surface area contributed by atoms with Crippen LogP contribution >= 0.6 is 11.6 Å². The fourth-order valence-electron chi connectivity index (χ4n) is 3.02. The van der Waals surface area contributed by atoms with E-state index in [1.165, 1.54) is 6.92 Å². The van der Waals surface area contributed by atoms with Crippen molar-refractivity contribution in [2.75, 3.05) is 31.5 Å². The minimum absolute atomic E-state index is 0.0116. The topological polar surface area (TPSA) is 69.7 Å². The Labute approximate surface area is 145 Å². The minimum atomic E-state index is -0.292. The van der Waals surface area contributed by atoms with Gasteiger partial charge in [0.1, 0.15) is 0 Å². The molecule has 6 nitrogen and oxygen atoms in total. The summed E-state index contributed by atoms with van der Waals surface area (Å²) in [5.41, 5.74) is 0.567. The number of piperazine rings is 1. The average Bonchev–Trinajstić information content (AvgIpc) is 3.37. The van der Waals surface area contributed by atoms with Gasteiger partial charge < -0.3 is 15.1 Å². The van der Waals surface area contributed by atoms with Gasteiger partial charge in [0.15, 0.2) is 0 Å². The van der Waals surface area contributed by atoms with Gasteiger partial charge in [-0.25, -0.2) is 0 Å². The summed E-state index contributed by atoms with van der Waals surface area (Å²) in [6, 6.07) is 7.04. The molecule has 2 fully saturated rings. The van der Waals surface area contributed by atoms with Crippen LogP contribution in [0.4, 0.5) is 5.69 Å². The van der Waals surface area contributed by atoms with E-state index in [4.69, 9.17) is 11.6 Å². The van der Waals surface area contributed by atoms with Crippen molar-refractivity contribution in [1.29, 1.82) is 0 Å². The lowest BCUT2D eigenvalue weighted by atomic mass is 10.2. The number of nitrogens with one attached hydrogen (secondary N) is 1. The molecule has 0 spiro atoms. The van der Waals surface area contributed by atoms with E-state index in [0.29, 0.717) is 43.3 Å². The summed E-state index contributed by atoms with van der Waals surface area (Å²) in [6.07, 6.45) is 0.571. The summed E-state index contributed by atoms with van der Waals surface area (Å²) in [7, 11) is 0. The highest BCUT2D eigenvalue weighted by Gasteiger charge is 2.49. The molecule has 2 atom stereocenters. The fraction of sp³-hybridized carbons (Fsp3) is 0.471. The molecule has 1 saturated carbocycles. The second kappa shape index (κ2) is 6.81. The molecule has 1 saturated heterocycles. The maximum Gasteiger partial charge on any atom is 0.228 e. The predicted octanol–water partition coefficient (Wildman–Crippen LogP) is 1.61. The number of nitrogens with zero attached hydrogens (tertiary/aromatic N) is 2. The molecule has 0 aromatic heterocycles. The Bertz CT molecular complexity index is 671. The van der Waals surface area contributed by atoms with Crippen LogP contribution in [0.1, 0.15) is 13.3 Å². The lowest BCUT2D eigenvalue weighted by molar-refractivity contribution is -0.139. The summed E-state index contributed by atoms with van der Waals surface area (Å²) in [5, 5.41) is 3.27. The van der Waals surface area contributed by atoms with Gasteiger partial charge in [0.05, 0.1) is 22.5 Å². The van der Waals surface area contributed by atoms with Gasteiger partial charge in [0, 0.05) is 33.1 Å². The first-order valence-corrected chi connectivity index (χ1v) is 8.45. The Morgan fingerprint density at radius 3 is 2.29 bits per heavy atom. The van der Waals surface area contributed by atoms with Crippen molar-refractivity contribution in [3.8, 4) is 0 Å². The van der Waals surface area contributed by atoms with Crippen LogP contribution < -0.4 is 5.32 Å². The Hall–Kier alpha value is -2.08. The van der Waals surface area contributed by atoms with E-state index in [1.807, 2.05) is 0 Å². The van der Waals surface area contributed by atoms with E-state index in [-0.39, 0.29) is 29.6 Å². The molecular weight excluding hydrogens is 330 g/mol. The Kier molecular flexibility index (Phi) is 4.76. The van der Waals surface area contributed by atoms with E-state index in [9.17, 15) is 14.4 Å². The Balaban J connectivity index is 1.52. The summed E-state index contributed by atoms with van der Waals surface area (Å²) < 4.78 is 0. The van der Waals surface area contributed by atoms with Crippen molar-refractivity contribution >= 4 is 35.0 Å². The van der Waals surface area contributed by atoms with Gasteiger partial charge in [0.25, 0.3) is 0 Å². The quantitative estimate of drug-likeness (QED) is 0.901. The second-order valence-corrected chi connectivity index (χ2v) is 6.66. The number of para-hydroxylation sites is 1. The smallest absolute Gasteiger partial charge is 0.228 e. The SMILES string of the molecule is CC(=O)N1CCN(C(=O)C2CC2C(=O)Nc2ccccc2Cl)CC1. The van der Waals surface area contributed by atoms with Crippen molar-refractivity contribution in [2.45, 2.75) is 13.3 Å². The third-order valence-electron chi connectivity index (χ3n) is 4.61. The molecule has 0 bridgehead atoms. The molecule has 24 heavy (non-hydrogen) atoms. The number of carbonyl (C=O) groups excluding carboxylic acids is 3. The third-order valence-corrected chi connectivity index (χ3v) is 4.94. The van der Waals surface area contributed by atoms with Crippen molar-refractivity contribution in [1.82, 2.24) is 9.80 Å². The standard InChI is InChI=1S/C17H20ClN3O3/c1-11(22)20-6-8-21(9-7-20)17(24)13-10-12(13)16(23)19-15-5-3-2-4-14(15)18/h2-5,12-13H,6-10H2,1H3,(H,19,23).